The summed E-state index contributed by atoms with van der Waals surface area (Å²) >= 11 is 5.95. The van der Waals surface area contributed by atoms with Crippen LogP contribution in [0.3, 0.4) is 0 Å². The number of carbonyl (C=O) groups is 1. The van der Waals surface area contributed by atoms with Gasteiger partial charge in [-0.05, 0) is 19.2 Å². The standard InChI is InChI=1S/C13H18ClNO3/c1-15(7-10(16)9-18-2)8-13(17)11-5-3-4-6-12(11)14/h3-6,10,16H,7-9H2,1-2H3. The van der Waals surface area contributed by atoms with Gasteiger partial charge in [0, 0.05) is 19.2 Å². The fourth-order valence-electron chi connectivity index (χ4n) is 1.69. The molecule has 1 aromatic rings. The molecular weight excluding hydrogens is 254 g/mol. The monoisotopic (exact) mass is 271 g/mol. The van der Waals surface area contributed by atoms with Crippen molar-refractivity contribution < 1.29 is 14.6 Å². The largest absolute Gasteiger partial charge is 0.389 e. The van der Waals surface area contributed by atoms with Gasteiger partial charge in [-0.2, -0.15) is 0 Å². The molecule has 0 heterocycles. The lowest BCUT2D eigenvalue weighted by molar-refractivity contribution is 0.0428. The van der Waals surface area contributed by atoms with Crippen LogP contribution in [0.25, 0.3) is 0 Å². The summed E-state index contributed by atoms with van der Waals surface area (Å²) in [4.78, 5) is 13.7. The Hall–Kier alpha value is -0.940. The highest BCUT2D eigenvalue weighted by Gasteiger charge is 2.14. The molecule has 0 spiro atoms. The van der Waals surface area contributed by atoms with Crippen molar-refractivity contribution in [1.29, 1.82) is 0 Å². The Morgan fingerprint density at radius 3 is 2.78 bits per heavy atom. The van der Waals surface area contributed by atoms with Gasteiger partial charge in [-0.15, -0.1) is 0 Å². The third kappa shape index (κ3) is 4.74. The predicted octanol–water partition coefficient (Wildman–Crippen LogP) is 1.46. The zero-order valence-electron chi connectivity index (χ0n) is 10.6. The summed E-state index contributed by atoms with van der Waals surface area (Å²) in [6.45, 7) is 0.846. The van der Waals surface area contributed by atoms with Crippen LogP contribution in [0.4, 0.5) is 0 Å². The second-order valence-corrected chi connectivity index (χ2v) is 4.62. The van der Waals surface area contributed by atoms with E-state index in [1.165, 1.54) is 7.11 Å². The molecule has 0 aliphatic carbocycles. The summed E-state index contributed by atoms with van der Waals surface area (Å²) in [6.07, 6.45) is -0.598. The van der Waals surface area contributed by atoms with E-state index in [-0.39, 0.29) is 18.9 Å². The molecule has 0 aromatic heterocycles. The molecule has 1 rings (SSSR count). The number of aliphatic hydroxyl groups excluding tert-OH is 1. The first-order chi connectivity index (χ1) is 8.54. The summed E-state index contributed by atoms with van der Waals surface area (Å²) in [6, 6.07) is 6.95. The smallest absolute Gasteiger partial charge is 0.178 e. The molecular formula is C13H18ClNO3. The molecule has 5 heteroatoms. The van der Waals surface area contributed by atoms with Crippen molar-refractivity contribution >= 4 is 17.4 Å². The Kier molecular flexibility index (Phi) is 6.29. The average Bonchev–Trinajstić information content (AvgIpc) is 2.29. The summed E-state index contributed by atoms with van der Waals surface area (Å²) in [5.41, 5.74) is 0.507. The van der Waals surface area contributed by atoms with Crippen molar-refractivity contribution in [1.82, 2.24) is 4.90 Å². The van der Waals surface area contributed by atoms with Crippen molar-refractivity contribution in [3.8, 4) is 0 Å². The molecule has 0 saturated heterocycles. The lowest BCUT2D eigenvalue weighted by Crippen LogP contribution is -2.35. The van der Waals surface area contributed by atoms with Crippen molar-refractivity contribution in [2.24, 2.45) is 0 Å². The highest BCUT2D eigenvalue weighted by Crippen LogP contribution is 2.15. The van der Waals surface area contributed by atoms with Gasteiger partial charge in [-0.3, -0.25) is 9.69 Å². The number of nitrogens with zero attached hydrogens (tertiary/aromatic N) is 1. The van der Waals surface area contributed by atoms with Gasteiger partial charge in [-0.25, -0.2) is 0 Å². The van der Waals surface area contributed by atoms with Gasteiger partial charge in [0.05, 0.1) is 24.3 Å². The number of aliphatic hydroxyl groups is 1. The van der Waals surface area contributed by atoms with Gasteiger partial charge >= 0.3 is 0 Å². The molecule has 0 radical (unpaired) electrons. The first-order valence-corrected chi connectivity index (χ1v) is 6.05. The molecule has 1 aromatic carbocycles. The van der Waals surface area contributed by atoms with Crippen molar-refractivity contribution in [2.45, 2.75) is 6.10 Å². The van der Waals surface area contributed by atoms with Gasteiger partial charge in [0.1, 0.15) is 0 Å². The second kappa shape index (κ2) is 7.48. The van der Waals surface area contributed by atoms with Crippen LogP contribution >= 0.6 is 11.6 Å². The number of rotatable bonds is 7. The molecule has 18 heavy (non-hydrogen) atoms. The maximum absolute atomic E-state index is 12.0. The maximum atomic E-state index is 12.0. The van der Waals surface area contributed by atoms with Crippen molar-refractivity contribution in [3.63, 3.8) is 0 Å². The first-order valence-electron chi connectivity index (χ1n) is 5.68. The molecule has 0 saturated carbocycles. The minimum absolute atomic E-state index is 0.0623. The fraction of sp³-hybridized carbons (Fsp3) is 0.462. The van der Waals surface area contributed by atoms with Gasteiger partial charge in [-0.1, -0.05) is 23.7 Å². The lowest BCUT2D eigenvalue weighted by Gasteiger charge is -2.19. The molecule has 1 atom stereocenters. The SMILES string of the molecule is COCC(O)CN(C)CC(=O)c1ccccc1Cl. The van der Waals surface area contributed by atoms with Gasteiger partial charge in [0.15, 0.2) is 5.78 Å². The van der Waals surface area contributed by atoms with E-state index >= 15 is 0 Å². The Morgan fingerprint density at radius 1 is 1.50 bits per heavy atom. The third-order valence-corrected chi connectivity index (χ3v) is 2.80. The molecule has 0 bridgehead atoms. The number of hydrogen-bond acceptors (Lipinski definition) is 4. The number of ether oxygens (including phenoxy) is 1. The Labute approximate surface area is 112 Å². The van der Waals surface area contributed by atoms with Gasteiger partial charge in [0.2, 0.25) is 0 Å². The number of Topliss-reactive ketones (excluding diaryl/α,β-unsaturated/α-hetero) is 1. The highest BCUT2D eigenvalue weighted by molar-refractivity contribution is 6.34. The number of likely N-dealkylation sites (N-methyl/N-ethyl adjacent to an activating group) is 1. The zero-order chi connectivity index (χ0) is 13.5. The van der Waals surface area contributed by atoms with Crippen molar-refractivity contribution in [2.75, 3.05) is 33.9 Å². The molecule has 1 unspecified atom stereocenters. The number of methoxy groups -OCH3 is 1. The van der Waals surface area contributed by atoms with E-state index in [9.17, 15) is 9.90 Å². The Balaban J connectivity index is 2.52. The molecule has 0 fully saturated rings. The molecule has 1 N–H and O–H groups in total. The maximum Gasteiger partial charge on any atom is 0.178 e. The predicted molar refractivity (Wildman–Crippen MR) is 71.2 cm³/mol. The molecule has 4 nitrogen and oxygen atoms in total. The minimum atomic E-state index is -0.598. The summed E-state index contributed by atoms with van der Waals surface area (Å²) < 4.78 is 4.83. The van der Waals surface area contributed by atoms with Crippen LogP contribution in [-0.4, -0.2) is 55.7 Å². The number of halogens is 1. The minimum Gasteiger partial charge on any atom is -0.389 e. The lowest BCUT2D eigenvalue weighted by atomic mass is 10.1. The van der Waals surface area contributed by atoms with E-state index in [4.69, 9.17) is 16.3 Å². The summed E-state index contributed by atoms with van der Waals surface area (Å²) in [7, 11) is 3.30. The number of carbonyl (C=O) groups excluding carboxylic acids is 1. The highest BCUT2D eigenvalue weighted by atomic mass is 35.5. The van der Waals surface area contributed by atoms with Crippen LogP contribution in [0.2, 0.25) is 5.02 Å². The van der Waals surface area contributed by atoms with Crippen LogP contribution in [0.15, 0.2) is 24.3 Å². The Bertz CT molecular complexity index is 398. The van der Waals surface area contributed by atoms with E-state index in [2.05, 4.69) is 0 Å². The molecule has 0 aliphatic heterocycles. The van der Waals surface area contributed by atoms with E-state index in [0.29, 0.717) is 17.1 Å². The summed E-state index contributed by atoms with van der Waals surface area (Å²) in [5, 5.41) is 10.0. The van der Waals surface area contributed by atoms with E-state index < -0.39 is 6.10 Å². The van der Waals surface area contributed by atoms with Crippen LogP contribution in [0.1, 0.15) is 10.4 Å². The van der Waals surface area contributed by atoms with Gasteiger partial charge in [0.25, 0.3) is 0 Å². The van der Waals surface area contributed by atoms with Crippen LogP contribution in [0.5, 0.6) is 0 Å². The van der Waals surface area contributed by atoms with E-state index in [0.717, 1.165) is 0 Å². The quantitative estimate of drug-likeness (QED) is 0.763. The molecule has 0 amide bonds. The summed E-state index contributed by atoms with van der Waals surface area (Å²) in [5.74, 6) is -0.0623. The van der Waals surface area contributed by atoms with Crippen LogP contribution in [0, 0.1) is 0 Å². The van der Waals surface area contributed by atoms with Crippen molar-refractivity contribution in [3.05, 3.63) is 34.9 Å². The number of ketones is 1. The fourth-order valence-corrected chi connectivity index (χ4v) is 1.93. The average molecular weight is 272 g/mol. The number of benzene rings is 1. The zero-order valence-corrected chi connectivity index (χ0v) is 11.4. The second-order valence-electron chi connectivity index (χ2n) is 4.21. The third-order valence-electron chi connectivity index (χ3n) is 2.47. The first kappa shape index (κ1) is 15.1. The molecule has 0 aliphatic rings. The van der Waals surface area contributed by atoms with E-state index in [1.54, 1.807) is 36.2 Å². The normalized spacial score (nSPS) is 12.7. The van der Waals surface area contributed by atoms with E-state index in [1.807, 2.05) is 0 Å². The topological polar surface area (TPSA) is 49.8 Å². The molecule has 100 valence electrons. The van der Waals surface area contributed by atoms with Gasteiger partial charge < -0.3 is 9.84 Å². The Morgan fingerprint density at radius 2 is 2.17 bits per heavy atom. The van der Waals surface area contributed by atoms with Crippen LogP contribution < -0.4 is 0 Å². The van der Waals surface area contributed by atoms with Crippen LogP contribution in [-0.2, 0) is 4.74 Å². The number of hydrogen-bond donors (Lipinski definition) is 1.